The van der Waals surface area contributed by atoms with E-state index >= 15 is 0 Å². The van der Waals surface area contributed by atoms with Gasteiger partial charge < -0.3 is 4.74 Å². The van der Waals surface area contributed by atoms with Crippen LogP contribution in [0.3, 0.4) is 0 Å². The predicted octanol–water partition coefficient (Wildman–Crippen LogP) is 12.2. The molecule has 0 spiro atoms. The van der Waals surface area contributed by atoms with Crippen molar-refractivity contribution in [2.45, 2.75) is 187 Å². The molecule has 2 nitrogen and oxygen atoms in total. The maximum absolute atomic E-state index is 11.1. The van der Waals surface area contributed by atoms with E-state index in [4.69, 9.17) is 16.3 Å². The maximum atomic E-state index is 11.1. The molecule has 36 heavy (non-hydrogen) atoms. The van der Waals surface area contributed by atoms with E-state index in [1.54, 1.807) is 0 Å². The van der Waals surface area contributed by atoms with Crippen LogP contribution in [0.25, 0.3) is 0 Å². The second kappa shape index (κ2) is 30.7. The molecule has 0 N–H and O–H groups in total. The molecule has 0 aliphatic heterocycles. The molecule has 0 rings (SSSR count). The first kappa shape index (κ1) is 35.5. The van der Waals surface area contributed by atoms with Gasteiger partial charge in [0.25, 0.3) is 0 Å². The number of carbonyl (C=O) groups is 1. The molecule has 0 aliphatic carbocycles. The average molecular weight is 527 g/mol. The minimum Gasteiger partial charge on any atom is -0.461 e. The maximum Gasteiger partial charge on any atom is 0.349 e. The molecule has 0 bridgehead atoms. The lowest BCUT2D eigenvalue weighted by molar-refractivity contribution is -0.138. The van der Waals surface area contributed by atoms with Crippen molar-refractivity contribution in [2.24, 2.45) is 0 Å². The van der Waals surface area contributed by atoms with Crippen LogP contribution in [0.1, 0.15) is 187 Å². The molecule has 214 valence electrons. The fourth-order valence-electron chi connectivity index (χ4n) is 5.01. The van der Waals surface area contributed by atoms with Crippen molar-refractivity contribution in [1.82, 2.24) is 0 Å². The third-order valence-corrected chi connectivity index (χ3v) is 7.61. The third kappa shape index (κ3) is 29.7. The van der Waals surface area contributed by atoms with Gasteiger partial charge in [-0.05, 0) is 6.42 Å². The van der Waals surface area contributed by atoms with Crippen molar-refractivity contribution in [3.8, 4) is 0 Å². The summed E-state index contributed by atoms with van der Waals surface area (Å²) in [7, 11) is 0. The second-order valence-electron chi connectivity index (χ2n) is 11.1. The van der Waals surface area contributed by atoms with E-state index in [9.17, 15) is 4.79 Å². The third-order valence-electron chi connectivity index (χ3n) is 7.45. The van der Waals surface area contributed by atoms with Crippen LogP contribution in [0.2, 0.25) is 0 Å². The van der Waals surface area contributed by atoms with Gasteiger partial charge in [0.1, 0.15) is 5.03 Å². The number of ether oxygens (including phenoxy) is 1. The van der Waals surface area contributed by atoms with E-state index < -0.39 is 5.97 Å². The highest BCUT2D eigenvalue weighted by Gasteiger charge is 2.04. The van der Waals surface area contributed by atoms with Crippen LogP contribution in [0.15, 0.2) is 11.6 Å². The van der Waals surface area contributed by atoms with Gasteiger partial charge in [-0.15, -0.1) is 0 Å². The number of unbranched alkanes of at least 4 members (excludes halogenated alkanes) is 27. The summed E-state index contributed by atoms with van der Waals surface area (Å²) >= 11 is 5.48. The summed E-state index contributed by atoms with van der Waals surface area (Å²) in [5.74, 6) is -0.485. The molecular formula is C33H63ClO2. The largest absolute Gasteiger partial charge is 0.461 e. The number of hydrogen-bond acceptors (Lipinski definition) is 2. The summed E-state index contributed by atoms with van der Waals surface area (Å²) in [5.41, 5.74) is 0. The summed E-state index contributed by atoms with van der Waals surface area (Å²) in [5, 5.41) is -0.0322. The summed E-state index contributed by atoms with van der Waals surface area (Å²) in [6.45, 7) is 6.13. The fraction of sp³-hybridized carbons (Fsp3) is 0.909. The van der Waals surface area contributed by atoms with E-state index in [-0.39, 0.29) is 5.03 Å². The standard InChI is InChI=1S/C33H63ClO2/c1-3-4-5-6-7-8-9-10-11-12-13-14-15-16-17-18-19-20-21-22-23-24-25-26-27-28-29-30-31-36-33(35)32(2)34/h2-31H2,1H3. The summed E-state index contributed by atoms with van der Waals surface area (Å²) in [4.78, 5) is 11.1. The van der Waals surface area contributed by atoms with Gasteiger partial charge in [-0.1, -0.05) is 198 Å². The highest BCUT2D eigenvalue weighted by Crippen LogP contribution is 2.16. The zero-order valence-corrected chi connectivity index (χ0v) is 25.2. The molecule has 0 atom stereocenters. The van der Waals surface area contributed by atoms with Crippen molar-refractivity contribution in [3.05, 3.63) is 11.6 Å². The van der Waals surface area contributed by atoms with Gasteiger partial charge in [0.05, 0.1) is 6.61 Å². The van der Waals surface area contributed by atoms with Gasteiger partial charge in [0, 0.05) is 0 Å². The van der Waals surface area contributed by atoms with Crippen molar-refractivity contribution >= 4 is 17.6 Å². The highest BCUT2D eigenvalue weighted by atomic mass is 35.5. The Kier molecular flexibility index (Phi) is 30.3. The van der Waals surface area contributed by atoms with E-state index in [2.05, 4.69) is 13.5 Å². The molecule has 0 aliphatic rings. The first-order valence-corrected chi connectivity index (χ1v) is 16.6. The normalized spacial score (nSPS) is 11.2. The summed E-state index contributed by atoms with van der Waals surface area (Å²) < 4.78 is 4.99. The Labute approximate surface area is 231 Å². The fourth-order valence-corrected chi connectivity index (χ4v) is 5.07. The molecule has 0 saturated heterocycles. The Hall–Kier alpha value is -0.500. The Bertz CT molecular complexity index is 463. The number of hydrogen-bond donors (Lipinski definition) is 0. The molecule has 0 aromatic rings. The molecule has 0 unspecified atom stereocenters. The van der Waals surface area contributed by atoms with Gasteiger partial charge >= 0.3 is 5.97 Å². The zero-order chi connectivity index (χ0) is 26.4. The van der Waals surface area contributed by atoms with E-state index in [1.807, 2.05) is 0 Å². The van der Waals surface area contributed by atoms with Crippen LogP contribution in [0.4, 0.5) is 0 Å². The smallest absolute Gasteiger partial charge is 0.349 e. The Balaban J connectivity index is 3.05. The minimum atomic E-state index is -0.485. The molecule has 0 saturated carbocycles. The molecule has 0 radical (unpaired) electrons. The first-order valence-electron chi connectivity index (χ1n) is 16.2. The lowest BCUT2D eigenvalue weighted by Crippen LogP contribution is -2.04. The Morgan fingerprint density at radius 1 is 0.472 bits per heavy atom. The lowest BCUT2D eigenvalue weighted by Gasteiger charge is -2.05. The SMILES string of the molecule is C=C(Cl)C(=O)OCCCCCCCCCCCCCCCCCCCCCCCCCCCCCC. The van der Waals surface area contributed by atoms with Crippen molar-refractivity contribution in [2.75, 3.05) is 6.61 Å². The van der Waals surface area contributed by atoms with Gasteiger partial charge in [0.2, 0.25) is 0 Å². The number of esters is 1. The van der Waals surface area contributed by atoms with Crippen LogP contribution in [-0.2, 0) is 9.53 Å². The number of rotatable bonds is 30. The van der Waals surface area contributed by atoms with Gasteiger partial charge in [-0.3, -0.25) is 0 Å². The molecule has 3 heteroatoms. The highest BCUT2D eigenvalue weighted by molar-refractivity contribution is 6.40. The van der Waals surface area contributed by atoms with Crippen molar-refractivity contribution in [3.63, 3.8) is 0 Å². The minimum absolute atomic E-state index is 0.0322. The van der Waals surface area contributed by atoms with E-state index in [0.29, 0.717) is 6.61 Å². The van der Waals surface area contributed by atoms with Crippen molar-refractivity contribution in [1.29, 1.82) is 0 Å². The Morgan fingerprint density at radius 3 is 0.917 bits per heavy atom. The number of carbonyl (C=O) groups excluding carboxylic acids is 1. The van der Waals surface area contributed by atoms with E-state index in [1.165, 1.54) is 167 Å². The molecular weight excluding hydrogens is 464 g/mol. The van der Waals surface area contributed by atoms with E-state index in [0.717, 1.165) is 12.8 Å². The van der Waals surface area contributed by atoms with Gasteiger partial charge in [-0.25, -0.2) is 4.79 Å². The molecule has 0 aromatic heterocycles. The van der Waals surface area contributed by atoms with Crippen LogP contribution in [0, 0.1) is 0 Å². The van der Waals surface area contributed by atoms with Gasteiger partial charge in [-0.2, -0.15) is 0 Å². The first-order chi connectivity index (χ1) is 17.7. The van der Waals surface area contributed by atoms with Crippen LogP contribution >= 0.6 is 11.6 Å². The zero-order valence-electron chi connectivity index (χ0n) is 24.4. The molecule has 0 aromatic carbocycles. The molecule has 0 fully saturated rings. The van der Waals surface area contributed by atoms with Crippen LogP contribution in [-0.4, -0.2) is 12.6 Å². The van der Waals surface area contributed by atoms with Gasteiger partial charge in [0.15, 0.2) is 0 Å². The summed E-state index contributed by atoms with van der Waals surface area (Å²) in [6.07, 6.45) is 39.2. The second-order valence-corrected chi connectivity index (χ2v) is 11.5. The van der Waals surface area contributed by atoms with Crippen LogP contribution < -0.4 is 0 Å². The van der Waals surface area contributed by atoms with Crippen molar-refractivity contribution < 1.29 is 9.53 Å². The Morgan fingerprint density at radius 2 is 0.694 bits per heavy atom. The lowest BCUT2D eigenvalue weighted by atomic mass is 10.0. The topological polar surface area (TPSA) is 26.3 Å². The predicted molar refractivity (Wildman–Crippen MR) is 161 cm³/mol. The quantitative estimate of drug-likeness (QED) is 0.0528. The monoisotopic (exact) mass is 526 g/mol. The molecule has 0 heterocycles. The average Bonchev–Trinajstić information content (AvgIpc) is 2.87. The number of halogens is 1. The molecule has 0 amide bonds. The summed E-state index contributed by atoms with van der Waals surface area (Å²) in [6, 6.07) is 0. The van der Waals surface area contributed by atoms with Crippen LogP contribution in [0.5, 0.6) is 0 Å².